The molecule has 43 heavy (non-hydrogen) atoms. The first-order valence-electron chi connectivity index (χ1n) is 14.4. The zero-order valence-electron chi connectivity index (χ0n) is 24.9. The van der Waals surface area contributed by atoms with Crippen molar-refractivity contribution in [3.8, 4) is 23.1 Å². The number of piperidine rings is 1. The van der Waals surface area contributed by atoms with Crippen molar-refractivity contribution in [3.63, 3.8) is 0 Å². The molecule has 0 atom stereocenters. The Morgan fingerprint density at radius 1 is 1.14 bits per heavy atom. The van der Waals surface area contributed by atoms with E-state index in [1.165, 1.54) is 6.07 Å². The highest BCUT2D eigenvalue weighted by Crippen LogP contribution is 2.39. The number of nitrogens with one attached hydrogen (secondary N) is 1. The van der Waals surface area contributed by atoms with Gasteiger partial charge in [0.05, 0.1) is 18.4 Å². The molecular weight excluding hydrogens is 556 g/mol. The molecule has 0 radical (unpaired) electrons. The SMILES string of the molecule is CC(C)N1CCOc2c(F)cc(-c3nc(Nc4ccc(C5CCN(C(=O)OC(C)(C)C)CC5)c(C#N)n4)ncc3F)cc21. The van der Waals surface area contributed by atoms with Gasteiger partial charge in [0.1, 0.15) is 35.5 Å². The summed E-state index contributed by atoms with van der Waals surface area (Å²) in [5.74, 6) is -0.770. The molecule has 0 aliphatic carbocycles. The van der Waals surface area contributed by atoms with E-state index in [4.69, 9.17) is 9.47 Å². The molecule has 10 nitrogen and oxygen atoms in total. The van der Waals surface area contributed by atoms with E-state index in [0.29, 0.717) is 50.6 Å². The van der Waals surface area contributed by atoms with E-state index < -0.39 is 17.2 Å². The van der Waals surface area contributed by atoms with Crippen molar-refractivity contribution in [1.82, 2.24) is 19.9 Å². The van der Waals surface area contributed by atoms with Gasteiger partial charge in [0, 0.05) is 24.7 Å². The van der Waals surface area contributed by atoms with Gasteiger partial charge in [-0.1, -0.05) is 6.07 Å². The first kappa shape index (κ1) is 29.9. The van der Waals surface area contributed by atoms with Gasteiger partial charge < -0.3 is 24.6 Å². The number of benzene rings is 1. The average Bonchev–Trinajstić information content (AvgIpc) is 2.97. The third kappa shape index (κ3) is 6.61. The van der Waals surface area contributed by atoms with Crippen molar-refractivity contribution in [3.05, 3.63) is 53.4 Å². The van der Waals surface area contributed by atoms with E-state index in [-0.39, 0.29) is 46.7 Å². The molecule has 2 aliphatic heterocycles. The van der Waals surface area contributed by atoms with Crippen LogP contribution in [0.5, 0.6) is 5.75 Å². The minimum Gasteiger partial charge on any atom is -0.486 e. The van der Waals surface area contributed by atoms with Crippen LogP contribution in [0.1, 0.15) is 64.6 Å². The number of nitrogens with zero attached hydrogens (tertiary/aromatic N) is 6. The van der Waals surface area contributed by atoms with Crippen LogP contribution < -0.4 is 15.0 Å². The number of amides is 1. The number of ether oxygens (including phenoxy) is 2. The number of fused-ring (bicyclic) bond motifs is 1. The van der Waals surface area contributed by atoms with Crippen molar-refractivity contribution >= 4 is 23.5 Å². The van der Waals surface area contributed by atoms with E-state index in [1.54, 1.807) is 17.0 Å². The van der Waals surface area contributed by atoms with Gasteiger partial charge in [-0.25, -0.2) is 28.5 Å². The van der Waals surface area contributed by atoms with E-state index in [9.17, 15) is 14.4 Å². The molecule has 1 N–H and O–H groups in total. The van der Waals surface area contributed by atoms with Crippen LogP contribution in [0.2, 0.25) is 0 Å². The lowest BCUT2D eigenvalue weighted by Gasteiger charge is -2.34. The van der Waals surface area contributed by atoms with Crippen LogP contribution in [0.4, 0.5) is 31.0 Å². The first-order valence-corrected chi connectivity index (χ1v) is 14.4. The lowest BCUT2D eigenvalue weighted by molar-refractivity contribution is 0.0204. The Hall–Kier alpha value is -4.53. The van der Waals surface area contributed by atoms with Gasteiger partial charge in [0.25, 0.3) is 0 Å². The Kier molecular flexibility index (Phi) is 8.35. The van der Waals surface area contributed by atoms with Crippen LogP contribution in [0.3, 0.4) is 0 Å². The Balaban J connectivity index is 1.34. The van der Waals surface area contributed by atoms with Crippen molar-refractivity contribution < 1.29 is 23.0 Å². The van der Waals surface area contributed by atoms with Crippen molar-refractivity contribution in [2.75, 3.05) is 36.5 Å². The molecule has 0 saturated carbocycles. The highest BCUT2D eigenvalue weighted by atomic mass is 19.1. The topological polar surface area (TPSA) is 116 Å². The standard InChI is InChI=1S/C31H35F2N7O3/c1-18(2)40-12-13-42-28-22(32)14-20(15-25(28)40)27-23(33)17-35-29(38-27)37-26-7-6-21(24(16-34)36-26)19-8-10-39(11-9-19)30(41)43-31(3,4)5/h6-7,14-15,17-19H,8-13H2,1-5H3,(H,35,36,37,38). The molecule has 4 heterocycles. The summed E-state index contributed by atoms with van der Waals surface area (Å²) in [5, 5.41) is 12.8. The molecule has 1 fully saturated rings. The third-order valence-electron chi connectivity index (χ3n) is 7.41. The molecular formula is C31H35F2N7O3. The summed E-state index contributed by atoms with van der Waals surface area (Å²) in [6.07, 6.45) is 2.01. The molecule has 226 valence electrons. The Bertz CT molecular complexity index is 1560. The minimum absolute atomic E-state index is 0.0429. The van der Waals surface area contributed by atoms with Gasteiger partial charge in [0.15, 0.2) is 17.4 Å². The fourth-order valence-electron chi connectivity index (χ4n) is 5.38. The summed E-state index contributed by atoms with van der Waals surface area (Å²) in [4.78, 5) is 28.9. The van der Waals surface area contributed by atoms with E-state index in [2.05, 4.69) is 26.3 Å². The maximum atomic E-state index is 15.0. The summed E-state index contributed by atoms with van der Waals surface area (Å²) in [7, 11) is 0. The summed E-state index contributed by atoms with van der Waals surface area (Å²) in [5.41, 5.74) is 1.17. The van der Waals surface area contributed by atoms with E-state index in [0.717, 1.165) is 11.8 Å². The number of hydrogen-bond donors (Lipinski definition) is 1. The van der Waals surface area contributed by atoms with Crippen molar-refractivity contribution in [2.45, 2.75) is 65.0 Å². The van der Waals surface area contributed by atoms with Gasteiger partial charge in [-0.2, -0.15) is 5.26 Å². The molecule has 1 amide bonds. The highest BCUT2D eigenvalue weighted by Gasteiger charge is 2.29. The van der Waals surface area contributed by atoms with Crippen LogP contribution in [-0.4, -0.2) is 63.8 Å². The molecule has 5 rings (SSSR count). The van der Waals surface area contributed by atoms with Crippen LogP contribution in [-0.2, 0) is 4.74 Å². The van der Waals surface area contributed by atoms with E-state index >= 15 is 4.39 Å². The zero-order chi connectivity index (χ0) is 30.9. The summed E-state index contributed by atoms with van der Waals surface area (Å²) in [6, 6.07) is 8.65. The lowest BCUT2D eigenvalue weighted by atomic mass is 9.88. The van der Waals surface area contributed by atoms with Gasteiger partial charge in [-0.3, -0.25) is 0 Å². The predicted octanol–water partition coefficient (Wildman–Crippen LogP) is 6.15. The fraction of sp³-hybridized carbons (Fsp3) is 0.452. The molecule has 0 unspecified atom stereocenters. The molecule has 2 aliphatic rings. The number of rotatable bonds is 5. The Morgan fingerprint density at radius 2 is 1.88 bits per heavy atom. The second kappa shape index (κ2) is 12.0. The zero-order valence-corrected chi connectivity index (χ0v) is 24.9. The number of carbonyl (C=O) groups excluding carboxylic acids is 1. The van der Waals surface area contributed by atoms with Crippen LogP contribution >= 0.6 is 0 Å². The maximum absolute atomic E-state index is 15.0. The number of nitriles is 1. The van der Waals surface area contributed by atoms with Crippen molar-refractivity contribution in [1.29, 1.82) is 5.26 Å². The van der Waals surface area contributed by atoms with Gasteiger partial charge in [-0.15, -0.1) is 0 Å². The number of halogens is 2. The monoisotopic (exact) mass is 591 g/mol. The molecule has 1 aromatic carbocycles. The molecule has 12 heteroatoms. The Morgan fingerprint density at radius 3 is 2.56 bits per heavy atom. The molecule has 0 bridgehead atoms. The summed E-state index contributed by atoms with van der Waals surface area (Å²) < 4.78 is 41.0. The highest BCUT2D eigenvalue weighted by molar-refractivity contribution is 5.73. The second-order valence-corrected chi connectivity index (χ2v) is 11.9. The van der Waals surface area contributed by atoms with Gasteiger partial charge in [0.2, 0.25) is 5.95 Å². The van der Waals surface area contributed by atoms with Crippen LogP contribution in [0.15, 0.2) is 30.5 Å². The first-order chi connectivity index (χ1) is 20.4. The summed E-state index contributed by atoms with van der Waals surface area (Å²) >= 11 is 0. The number of likely N-dealkylation sites (tertiary alicyclic amines) is 1. The van der Waals surface area contributed by atoms with Gasteiger partial charge >= 0.3 is 6.09 Å². The summed E-state index contributed by atoms with van der Waals surface area (Å²) in [6.45, 7) is 11.5. The molecule has 3 aromatic rings. The number of pyridine rings is 1. The fourth-order valence-corrected chi connectivity index (χ4v) is 5.38. The van der Waals surface area contributed by atoms with Gasteiger partial charge in [-0.05, 0) is 77.1 Å². The second-order valence-electron chi connectivity index (χ2n) is 11.9. The Labute approximate surface area is 249 Å². The maximum Gasteiger partial charge on any atom is 0.410 e. The quantitative estimate of drug-likeness (QED) is 0.373. The average molecular weight is 592 g/mol. The largest absolute Gasteiger partial charge is 0.486 e. The van der Waals surface area contributed by atoms with E-state index in [1.807, 2.05) is 45.6 Å². The van der Waals surface area contributed by atoms with Crippen LogP contribution in [0, 0.1) is 23.0 Å². The number of aromatic nitrogens is 3. The van der Waals surface area contributed by atoms with Crippen LogP contribution in [0.25, 0.3) is 11.3 Å². The predicted molar refractivity (Wildman–Crippen MR) is 157 cm³/mol. The number of anilines is 3. The lowest BCUT2D eigenvalue weighted by Crippen LogP contribution is -2.41. The number of hydrogen-bond acceptors (Lipinski definition) is 9. The van der Waals surface area contributed by atoms with Crippen molar-refractivity contribution in [2.24, 2.45) is 0 Å². The molecule has 1 saturated heterocycles. The number of carbonyl (C=O) groups is 1. The minimum atomic E-state index is -0.712. The molecule has 0 spiro atoms. The smallest absolute Gasteiger partial charge is 0.410 e. The normalized spacial score (nSPS) is 15.5. The third-order valence-corrected chi connectivity index (χ3v) is 7.41. The molecule has 2 aromatic heterocycles.